The highest BCUT2D eigenvalue weighted by Crippen LogP contribution is 2.30. The zero-order valence-corrected chi connectivity index (χ0v) is 10.0. The van der Waals surface area contributed by atoms with E-state index in [1.807, 2.05) is 36.4 Å². The number of oxazole rings is 1. The molecule has 0 aliphatic heterocycles. The normalized spacial score (nSPS) is 10.4. The van der Waals surface area contributed by atoms with E-state index in [1.54, 1.807) is 12.3 Å². The third-order valence-corrected chi connectivity index (χ3v) is 3.25. The van der Waals surface area contributed by atoms with Crippen molar-refractivity contribution in [2.75, 3.05) is 0 Å². The molecule has 0 saturated heterocycles. The first-order chi connectivity index (χ1) is 8.86. The first-order valence-electron chi connectivity index (χ1n) is 5.25. The smallest absolute Gasteiger partial charge is 0.261 e. The lowest BCUT2D eigenvalue weighted by atomic mass is 10.3. The van der Waals surface area contributed by atoms with Gasteiger partial charge in [-0.2, -0.15) is 5.26 Å². The van der Waals surface area contributed by atoms with Crippen LogP contribution >= 0.6 is 11.8 Å². The Morgan fingerprint density at radius 3 is 2.89 bits per heavy atom. The molecule has 0 N–H and O–H groups in total. The minimum absolute atomic E-state index is 0.379. The van der Waals surface area contributed by atoms with Crippen LogP contribution in [0.1, 0.15) is 5.69 Å². The molecule has 0 spiro atoms. The number of fused-ring (bicyclic) bond motifs is 1. The molecule has 86 valence electrons. The summed E-state index contributed by atoms with van der Waals surface area (Å²) in [5, 5.41) is 9.47. The maximum Gasteiger partial charge on any atom is 0.261 e. The summed E-state index contributed by atoms with van der Waals surface area (Å²) < 4.78 is 5.59. The molecule has 2 heterocycles. The molecule has 0 aliphatic carbocycles. The molecule has 5 heteroatoms. The van der Waals surface area contributed by atoms with Gasteiger partial charge < -0.3 is 4.42 Å². The summed E-state index contributed by atoms with van der Waals surface area (Å²) in [6.07, 6.45) is 1.59. The van der Waals surface area contributed by atoms with Crippen molar-refractivity contribution >= 4 is 22.9 Å². The van der Waals surface area contributed by atoms with Gasteiger partial charge >= 0.3 is 0 Å². The lowest BCUT2D eigenvalue weighted by molar-refractivity contribution is 0.489. The van der Waals surface area contributed by atoms with Gasteiger partial charge in [-0.05, 0) is 36.0 Å². The fraction of sp³-hybridized carbons (Fsp3) is 0. The number of nitrogens with zero attached hydrogens (tertiary/aromatic N) is 3. The van der Waals surface area contributed by atoms with Crippen LogP contribution in [0.5, 0.6) is 0 Å². The Balaban J connectivity index is 1.99. The largest absolute Gasteiger partial charge is 0.431 e. The highest BCUT2D eigenvalue weighted by Gasteiger charge is 2.10. The summed E-state index contributed by atoms with van der Waals surface area (Å²) in [4.78, 5) is 9.08. The van der Waals surface area contributed by atoms with Crippen LogP contribution in [0.15, 0.2) is 57.1 Å². The zero-order valence-electron chi connectivity index (χ0n) is 9.20. The Kier molecular flexibility index (Phi) is 2.71. The third-order valence-electron chi connectivity index (χ3n) is 2.35. The second-order valence-corrected chi connectivity index (χ2v) is 4.50. The van der Waals surface area contributed by atoms with Gasteiger partial charge in [0, 0.05) is 6.20 Å². The van der Waals surface area contributed by atoms with Crippen molar-refractivity contribution in [2.24, 2.45) is 0 Å². The van der Waals surface area contributed by atoms with Crippen LogP contribution in [0, 0.1) is 11.3 Å². The maximum absolute atomic E-state index is 8.96. The van der Waals surface area contributed by atoms with E-state index in [2.05, 4.69) is 9.97 Å². The van der Waals surface area contributed by atoms with Gasteiger partial charge in [-0.3, -0.25) is 0 Å². The van der Waals surface area contributed by atoms with Crippen molar-refractivity contribution in [2.45, 2.75) is 10.1 Å². The van der Waals surface area contributed by atoms with Crippen molar-refractivity contribution in [3.8, 4) is 6.07 Å². The molecule has 0 unspecified atom stereocenters. The van der Waals surface area contributed by atoms with Gasteiger partial charge in [0.05, 0.1) is 4.90 Å². The molecule has 0 fully saturated rings. The number of pyridine rings is 1. The van der Waals surface area contributed by atoms with E-state index in [4.69, 9.17) is 9.68 Å². The van der Waals surface area contributed by atoms with Crippen LogP contribution in [0.25, 0.3) is 11.1 Å². The predicted molar refractivity (Wildman–Crippen MR) is 67.1 cm³/mol. The van der Waals surface area contributed by atoms with Crippen molar-refractivity contribution in [3.05, 3.63) is 48.3 Å². The Morgan fingerprint density at radius 1 is 1.17 bits per heavy atom. The molecule has 0 aliphatic rings. The monoisotopic (exact) mass is 253 g/mol. The average molecular weight is 253 g/mol. The number of hydrogen-bond acceptors (Lipinski definition) is 5. The summed E-state index contributed by atoms with van der Waals surface area (Å²) in [6, 6.07) is 13.2. The highest BCUT2D eigenvalue weighted by atomic mass is 32.2. The second-order valence-electron chi connectivity index (χ2n) is 3.51. The lowest BCUT2D eigenvalue weighted by Crippen LogP contribution is -1.84. The Morgan fingerprint density at radius 2 is 2.06 bits per heavy atom. The number of nitriles is 1. The quantitative estimate of drug-likeness (QED) is 0.701. The molecule has 18 heavy (non-hydrogen) atoms. The van der Waals surface area contributed by atoms with E-state index in [0.29, 0.717) is 10.9 Å². The van der Waals surface area contributed by atoms with Crippen molar-refractivity contribution < 1.29 is 4.42 Å². The van der Waals surface area contributed by atoms with Crippen LogP contribution in [0.3, 0.4) is 0 Å². The van der Waals surface area contributed by atoms with Crippen molar-refractivity contribution in [3.63, 3.8) is 0 Å². The summed E-state index contributed by atoms with van der Waals surface area (Å²) in [7, 11) is 0. The Hall–Kier alpha value is -2.32. The molecular weight excluding hydrogens is 246 g/mol. The molecular formula is C13H7N3OS. The van der Waals surface area contributed by atoms with Crippen LogP contribution in [0.2, 0.25) is 0 Å². The van der Waals surface area contributed by atoms with Gasteiger partial charge in [0.25, 0.3) is 5.22 Å². The van der Waals surface area contributed by atoms with E-state index in [-0.39, 0.29) is 0 Å². The zero-order chi connectivity index (χ0) is 12.4. The van der Waals surface area contributed by atoms with Crippen LogP contribution < -0.4 is 0 Å². The minimum atomic E-state index is 0.379. The van der Waals surface area contributed by atoms with Gasteiger partial charge in [-0.15, -0.1) is 0 Å². The van der Waals surface area contributed by atoms with Gasteiger partial charge in [-0.1, -0.05) is 12.1 Å². The minimum Gasteiger partial charge on any atom is -0.431 e. The molecule has 1 aromatic carbocycles. The van der Waals surface area contributed by atoms with E-state index < -0.39 is 0 Å². The van der Waals surface area contributed by atoms with Gasteiger partial charge in [0.1, 0.15) is 11.6 Å². The molecule has 0 amide bonds. The van der Waals surface area contributed by atoms with E-state index in [0.717, 1.165) is 16.0 Å². The topological polar surface area (TPSA) is 62.7 Å². The maximum atomic E-state index is 8.96. The molecule has 0 bridgehead atoms. The molecule has 0 saturated carbocycles. The number of benzene rings is 1. The SMILES string of the molecule is N#Cc1ncccc1Sc1nc2ccccc2o1. The molecule has 3 aromatic rings. The van der Waals surface area contributed by atoms with Gasteiger partial charge in [0.2, 0.25) is 0 Å². The molecule has 2 aromatic heterocycles. The molecule has 0 atom stereocenters. The van der Waals surface area contributed by atoms with Gasteiger partial charge in [0.15, 0.2) is 11.3 Å². The van der Waals surface area contributed by atoms with Crippen molar-refractivity contribution in [1.82, 2.24) is 9.97 Å². The van der Waals surface area contributed by atoms with E-state index in [9.17, 15) is 0 Å². The first kappa shape index (κ1) is 10.8. The lowest BCUT2D eigenvalue weighted by Gasteiger charge is -1.97. The van der Waals surface area contributed by atoms with E-state index in [1.165, 1.54) is 11.8 Å². The Bertz CT molecular complexity index is 712. The number of aromatic nitrogens is 2. The number of para-hydroxylation sites is 2. The van der Waals surface area contributed by atoms with Crippen LogP contribution in [-0.2, 0) is 0 Å². The number of rotatable bonds is 2. The highest BCUT2D eigenvalue weighted by molar-refractivity contribution is 7.99. The summed E-state index contributed by atoms with van der Waals surface area (Å²) in [6.45, 7) is 0. The molecule has 4 nitrogen and oxygen atoms in total. The van der Waals surface area contributed by atoms with E-state index >= 15 is 0 Å². The predicted octanol–water partition coefficient (Wildman–Crippen LogP) is 3.25. The molecule has 0 radical (unpaired) electrons. The third kappa shape index (κ3) is 1.94. The summed E-state index contributed by atoms with van der Waals surface area (Å²) >= 11 is 1.30. The second kappa shape index (κ2) is 4.51. The Labute approximate surface area is 107 Å². The van der Waals surface area contributed by atoms with Crippen LogP contribution in [-0.4, -0.2) is 9.97 Å². The number of hydrogen-bond donors (Lipinski definition) is 0. The summed E-state index contributed by atoms with van der Waals surface area (Å²) in [5.74, 6) is 0. The first-order valence-corrected chi connectivity index (χ1v) is 6.07. The van der Waals surface area contributed by atoms with Gasteiger partial charge in [-0.25, -0.2) is 9.97 Å². The fourth-order valence-corrected chi connectivity index (χ4v) is 2.35. The standard InChI is InChI=1S/C13H7N3OS/c14-8-10-12(6-3-7-15-10)18-13-16-9-4-1-2-5-11(9)17-13/h1-7H. The average Bonchev–Trinajstić information content (AvgIpc) is 2.81. The fourth-order valence-electron chi connectivity index (χ4n) is 1.55. The van der Waals surface area contributed by atoms with Crippen molar-refractivity contribution in [1.29, 1.82) is 5.26 Å². The summed E-state index contributed by atoms with van der Waals surface area (Å²) in [5.41, 5.74) is 1.93. The van der Waals surface area contributed by atoms with Crippen LogP contribution in [0.4, 0.5) is 0 Å². The molecule has 3 rings (SSSR count).